The molecular weight excluding hydrogens is 252 g/mol. The minimum atomic E-state index is -0.333. The molecule has 2 rings (SSSR count). The summed E-state index contributed by atoms with van der Waals surface area (Å²) in [5, 5.41) is 0. The summed E-state index contributed by atoms with van der Waals surface area (Å²) in [4.78, 5) is 14.3. The van der Waals surface area contributed by atoms with Gasteiger partial charge in [-0.1, -0.05) is 24.3 Å². The molecule has 4 heteroatoms. The van der Waals surface area contributed by atoms with Gasteiger partial charge in [0.1, 0.15) is 6.10 Å². The van der Waals surface area contributed by atoms with E-state index in [9.17, 15) is 4.79 Å². The normalized spacial score (nSPS) is 23.6. The minimum Gasteiger partial charge on any atom is -0.364 e. The molecular formula is C16H24N2O2. The number of hydrogen-bond acceptors (Lipinski definition) is 3. The monoisotopic (exact) mass is 276 g/mol. The Labute approximate surface area is 120 Å². The molecule has 1 heterocycles. The lowest BCUT2D eigenvalue weighted by Crippen LogP contribution is -2.38. The number of ether oxygens (including phenoxy) is 1. The van der Waals surface area contributed by atoms with Gasteiger partial charge < -0.3 is 15.4 Å². The summed E-state index contributed by atoms with van der Waals surface area (Å²) in [7, 11) is 1.85. The third kappa shape index (κ3) is 3.02. The smallest absolute Gasteiger partial charge is 0.251 e. The first-order valence-corrected chi connectivity index (χ1v) is 7.22. The zero-order valence-corrected chi connectivity index (χ0v) is 12.5. The first-order valence-electron chi connectivity index (χ1n) is 7.22. The molecule has 1 aromatic carbocycles. The van der Waals surface area contributed by atoms with Gasteiger partial charge in [0.2, 0.25) is 0 Å². The molecule has 0 bridgehead atoms. The van der Waals surface area contributed by atoms with E-state index in [-0.39, 0.29) is 24.2 Å². The maximum atomic E-state index is 12.5. The Bertz CT molecular complexity index is 475. The van der Waals surface area contributed by atoms with Gasteiger partial charge in [-0.2, -0.15) is 0 Å². The van der Waals surface area contributed by atoms with Gasteiger partial charge in [-0.15, -0.1) is 0 Å². The molecule has 1 amide bonds. The highest BCUT2D eigenvalue weighted by Crippen LogP contribution is 2.26. The highest BCUT2D eigenvalue weighted by atomic mass is 16.5. The second-order valence-corrected chi connectivity index (χ2v) is 5.54. The molecule has 1 aliphatic rings. The number of likely N-dealkylation sites (N-methyl/N-ethyl adjacent to an activating group) is 1. The Kier molecular flexibility index (Phi) is 4.78. The number of carbonyl (C=O) groups excluding carboxylic acids is 1. The van der Waals surface area contributed by atoms with E-state index in [1.807, 2.05) is 19.2 Å². The van der Waals surface area contributed by atoms with Crippen LogP contribution in [0.1, 0.15) is 36.9 Å². The second-order valence-electron chi connectivity index (χ2n) is 5.54. The van der Waals surface area contributed by atoms with Crippen LogP contribution in [0.3, 0.4) is 0 Å². The Morgan fingerprint density at radius 1 is 1.45 bits per heavy atom. The Hall–Kier alpha value is -1.39. The number of benzene rings is 1. The molecule has 1 unspecified atom stereocenters. The average Bonchev–Trinajstić information content (AvgIpc) is 2.94. The molecule has 0 spiro atoms. The summed E-state index contributed by atoms with van der Waals surface area (Å²) >= 11 is 0. The lowest BCUT2D eigenvalue weighted by atomic mass is 10.0. The fourth-order valence-corrected chi connectivity index (χ4v) is 2.74. The number of aryl methyl sites for hydroxylation is 1. The molecule has 0 saturated carbocycles. The Morgan fingerprint density at radius 3 is 2.75 bits per heavy atom. The number of nitrogens with zero attached hydrogens (tertiary/aromatic N) is 1. The summed E-state index contributed by atoms with van der Waals surface area (Å²) in [5.41, 5.74) is 7.97. The van der Waals surface area contributed by atoms with Crippen molar-refractivity contribution in [3.63, 3.8) is 0 Å². The summed E-state index contributed by atoms with van der Waals surface area (Å²) in [6, 6.07) is 8.21. The molecule has 2 N–H and O–H groups in total. The first kappa shape index (κ1) is 15.0. The fraction of sp³-hybridized carbons (Fsp3) is 0.562. The molecule has 1 fully saturated rings. The van der Waals surface area contributed by atoms with Gasteiger partial charge in [0.05, 0.1) is 12.1 Å². The van der Waals surface area contributed by atoms with E-state index in [0.717, 1.165) is 12.8 Å². The number of amides is 1. The van der Waals surface area contributed by atoms with E-state index in [1.54, 1.807) is 4.90 Å². The third-order valence-electron chi connectivity index (χ3n) is 4.21. The zero-order valence-electron chi connectivity index (χ0n) is 12.5. The maximum Gasteiger partial charge on any atom is 0.251 e. The number of nitrogens with two attached hydrogens (primary N) is 1. The van der Waals surface area contributed by atoms with Crippen molar-refractivity contribution in [3.05, 3.63) is 35.4 Å². The van der Waals surface area contributed by atoms with Crippen LogP contribution in [0.25, 0.3) is 0 Å². The quantitative estimate of drug-likeness (QED) is 0.915. The number of rotatable bonds is 4. The van der Waals surface area contributed by atoms with E-state index in [1.165, 1.54) is 11.1 Å². The van der Waals surface area contributed by atoms with Gasteiger partial charge in [0, 0.05) is 13.6 Å². The lowest BCUT2D eigenvalue weighted by Gasteiger charge is -2.28. The van der Waals surface area contributed by atoms with E-state index in [0.29, 0.717) is 6.54 Å². The molecule has 0 aliphatic carbocycles. The van der Waals surface area contributed by atoms with Crippen molar-refractivity contribution < 1.29 is 9.53 Å². The van der Waals surface area contributed by atoms with Crippen LogP contribution in [-0.2, 0) is 9.53 Å². The molecule has 1 aliphatic heterocycles. The van der Waals surface area contributed by atoms with Gasteiger partial charge in [-0.05, 0) is 37.8 Å². The molecule has 3 atom stereocenters. The van der Waals surface area contributed by atoms with Crippen LogP contribution in [0, 0.1) is 6.92 Å². The Balaban J connectivity index is 2.05. The van der Waals surface area contributed by atoms with Crippen molar-refractivity contribution >= 4 is 5.91 Å². The van der Waals surface area contributed by atoms with Gasteiger partial charge in [-0.3, -0.25) is 4.79 Å². The zero-order chi connectivity index (χ0) is 14.7. The van der Waals surface area contributed by atoms with Gasteiger partial charge in [-0.25, -0.2) is 0 Å². The van der Waals surface area contributed by atoms with Crippen LogP contribution in [0.15, 0.2) is 24.3 Å². The highest BCUT2D eigenvalue weighted by molar-refractivity contribution is 5.81. The van der Waals surface area contributed by atoms with E-state index >= 15 is 0 Å². The van der Waals surface area contributed by atoms with Crippen molar-refractivity contribution in [2.45, 2.75) is 44.9 Å². The van der Waals surface area contributed by atoms with Crippen LogP contribution >= 0.6 is 0 Å². The summed E-state index contributed by atoms with van der Waals surface area (Å²) in [5.74, 6) is 0.0525. The topological polar surface area (TPSA) is 55.6 Å². The van der Waals surface area contributed by atoms with Crippen LogP contribution in [-0.4, -0.2) is 36.6 Å². The van der Waals surface area contributed by atoms with Gasteiger partial charge in [0.25, 0.3) is 5.91 Å². The van der Waals surface area contributed by atoms with E-state index in [2.05, 4.69) is 26.0 Å². The van der Waals surface area contributed by atoms with Crippen molar-refractivity contribution in [3.8, 4) is 0 Å². The minimum absolute atomic E-state index is 0.0334. The highest BCUT2D eigenvalue weighted by Gasteiger charge is 2.33. The Morgan fingerprint density at radius 2 is 2.15 bits per heavy atom. The SMILES string of the molecule is Cc1ccccc1C(C)N(C)C(=O)[C@@H]1CC[C@H](CN)O1. The van der Waals surface area contributed by atoms with Crippen molar-refractivity contribution in [2.24, 2.45) is 5.73 Å². The van der Waals surface area contributed by atoms with Crippen LogP contribution in [0.4, 0.5) is 0 Å². The molecule has 0 radical (unpaired) electrons. The van der Waals surface area contributed by atoms with Crippen LogP contribution in [0.2, 0.25) is 0 Å². The van der Waals surface area contributed by atoms with Crippen LogP contribution in [0.5, 0.6) is 0 Å². The molecule has 1 saturated heterocycles. The van der Waals surface area contributed by atoms with Crippen molar-refractivity contribution in [1.29, 1.82) is 0 Å². The molecule has 20 heavy (non-hydrogen) atoms. The number of carbonyl (C=O) groups is 1. The summed E-state index contributed by atoms with van der Waals surface area (Å²) < 4.78 is 5.69. The lowest BCUT2D eigenvalue weighted by molar-refractivity contribution is -0.143. The molecule has 1 aromatic rings. The first-order chi connectivity index (χ1) is 9.54. The molecule has 110 valence electrons. The maximum absolute atomic E-state index is 12.5. The molecule has 0 aromatic heterocycles. The van der Waals surface area contributed by atoms with Crippen molar-refractivity contribution in [2.75, 3.05) is 13.6 Å². The summed E-state index contributed by atoms with van der Waals surface area (Å²) in [6.07, 6.45) is 1.34. The largest absolute Gasteiger partial charge is 0.364 e. The third-order valence-corrected chi connectivity index (χ3v) is 4.21. The van der Waals surface area contributed by atoms with Gasteiger partial charge in [0.15, 0.2) is 0 Å². The van der Waals surface area contributed by atoms with E-state index in [4.69, 9.17) is 10.5 Å². The predicted molar refractivity (Wildman–Crippen MR) is 79.3 cm³/mol. The fourth-order valence-electron chi connectivity index (χ4n) is 2.74. The van der Waals surface area contributed by atoms with Gasteiger partial charge >= 0.3 is 0 Å². The predicted octanol–water partition coefficient (Wildman–Crippen LogP) is 2.02. The van der Waals surface area contributed by atoms with E-state index < -0.39 is 0 Å². The standard InChI is InChI=1S/C16H24N2O2/c1-11-6-4-5-7-14(11)12(2)18(3)16(19)15-9-8-13(10-17)20-15/h4-7,12-13,15H,8-10,17H2,1-3H3/t12?,13-,15+/m1/s1. The van der Waals surface area contributed by atoms with Crippen molar-refractivity contribution in [1.82, 2.24) is 4.90 Å². The second kappa shape index (κ2) is 6.37. The van der Waals surface area contributed by atoms with Crippen LogP contribution < -0.4 is 5.73 Å². The molecule has 4 nitrogen and oxygen atoms in total. The number of hydrogen-bond donors (Lipinski definition) is 1. The average molecular weight is 276 g/mol. The summed E-state index contributed by atoms with van der Waals surface area (Å²) in [6.45, 7) is 4.61.